The molecule has 41 heavy (non-hydrogen) atoms. The molecule has 0 bridgehead atoms. The van der Waals surface area contributed by atoms with Gasteiger partial charge in [-0.05, 0) is 46.9 Å². The number of rotatable bonds is 8. The number of esters is 1. The molecular weight excluding hydrogens is 516 g/mol. The van der Waals surface area contributed by atoms with Gasteiger partial charge in [-0.1, -0.05) is 63.2 Å². The van der Waals surface area contributed by atoms with Crippen LogP contribution in [0.3, 0.4) is 0 Å². The molecule has 5 aromatic rings. The molecule has 2 aromatic heterocycles. The Morgan fingerprint density at radius 3 is 2.44 bits per heavy atom. The van der Waals surface area contributed by atoms with Gasteiger partial charge in [-0.15, -0.1) is 0 Å². The third kappa shape index (κ3) is 5.57. The Morgan fingerprint density at radius 2 is 1.71 bits per heavy atom. The van der Waals surface area contributed by atoms with E-state index in [0.717, 1.165) is 27.7 Å². The summed E-state index contributed by atoms with van der Waals surface area (Å²) < 4.78 is 12.8. The Kier molecular flexibility index (Phi) is 7.63. The van der Waals surface area contributed by atoms with Crippen molar-refractivity contribution in [2.75, 3.05) is 13.7 Å². The minimum absolute atomic E-state index is 0.0577. The van der Waals surface area contributed by atoms with E-state index < -0.39 is 5.92 Å². The highest BCUT2D eigenvalue weighted by molar-refractivity contribution is 5.88. The molecule has 2 N–H and O–H groups in total. The number of carbonyl (C=O) groups excluding carboxylic acids is 1. The number of aromatic amines is 1. The van der Waals surface area contributed by atoms with Crippen molar-refractivity contribution in [1.29, 1.82) is 0 Å². The highest BCUT2D eigenvalue weighted by atomic mass is 16.5. The van der Waals surface area contributed by atoms with E-state index in [4.69, 9.17) is 9.47 Å². The predicted molar refractivity (Wildman–Crippen MR) is 162 cm³/mol. The number of carbonyl (C=O) groups is 1. The van der Waals surface area contributed by atoms with Gasteiger partial charge in [0, 0.05) is 35.5 Å². The van der Waals surface area contributed by atoms with Crippen molar-refractivity contribution < 1.29 is 19.4 Å². The average molecular weight is 553 g/mol. The molecule has 0 radical (unpaired) electrons. The van der Waals surface area contributed by atoms with E-state index in [0.29, 0.717) is 29.5 Å². The minimum atomic E-state index is -0.652. The first-order valence-electron chi connectivity index (χ1n) is 13.8. The van der Waals surface area contributed by atoms with Gasteiger partial charge < -0.3 is 24.1 Å². The van der Waals surface area contributed by atoms with Crippen LogP contribution in [0.1, 0.15) is 55.5 Å². The average Bonchev–Trinajstić information content (AvgIpc) is 3.31. The fourth-order valence-electron chi connectivity index (χ4n) is 5.55. The molecule has 2 heterocycles. The topological polar surface area (TPSA) is 93.5 Å². The number of benzene rings is 3. The number of hydrogen-bond donors (Lipinski definition) is 2. The number of nitrogens with zero attached hydrogens (tertiary/aromatic N) is 1. The second-order valence-corrected chi connectivity index (χ2v) is 11.6. The third-order valence-corrected chi connectivity index (χ3v) is 7.45. The van der Waals surface area contributed by atoms with Crippen molar-refractivity contribution in [3.05, 3.63) is 106 Å². The number of aromatic hydroxyl groups is 1. The Labute approximate surface area is 239 Å². The molecule has 0 saturated heterocycles. The molecule has 1 unspecified atom stereocenters. The Morgan fingerprint density at radius 1 is 1.00 bits per heavy atom. The Hall–Kier alpha value is -4.52. The SMILES string of the molecule is COc1cccc(C(c2[nH]c3ccccc3c2CCOC(=O)CC(C)(C)C)c2c(O)c3ccccc3n(C)c2=O)c1. The van der Waals surface area contributed by atoms with E-state index in [9.17, 15) is 14.7 Å². The lowest BCUT2D eigenvalue weighted by Gasteiger charge is -2.22. The zero-order valence-electron chi connectivity index (χ0n) is 24.2. The lowest BCUT2D eigenvalue weighted by Crippen LogP contribution is -2.25. The van der Waals surface area contributed by atoms with Gasteiger partial charge in [0.25, 0.3) is 5.56 Å². The number of nitrogens with one attached hydrogen (secondary N) is 1. The van der Waals surface area contributed by atoms with E-state index in [2.05, 4.69) is 4.98 Å². The predicted octanol–water partition coefficient (Wildman–Crippen LogP) is 6.44. The summed E-state index contributed by atoms with van der Waals surface area (Å²) in [6, 6.07) is 22.8. The van der Waals surface area contributed by atoms with Crippen LogP contribution in [-0.2, 0) is 23.0 Å². The lowest BCUT2D eigenvalue weighted by atomic mass is 9.85. The number of H-pyrrole nitrogens is 1. The molecule has 212 valence electrons. The van der Waals surface area contributed by atoms with Gasteiger partial charge in [-0.3, -0.25) is 9.59 Å². The summed E-state index contributed by atoms with van der Waals surface area (Å²) in [6.07, 6.45) is 0.755. The van der Waals surface area contributed by atoms with Crippen LogP contribution >= 0.6 is 0 Å². The molecule has 0 amide bonds. The number of ether oxygens (including phenoxy) is 2. The van der Waals surface area contributed by atoms with Gasteiger partial charge in [0.05, 0.1) is 37.1 Å². The van der Waals surface area contributed by atoms with Crippen molar-refractivity contribution >= 4 is 27.8 Å². The van der Waals surface area contributed by atoms with Gasteiger partial charge in [0.1, 0.15) is 11.5 Å². The number of fused-ring (bicyclic) bond motifs is 2. The molecule has 3 aromatic carbocycles. The second-order valence-electron chi connectivity index (χ2n) is 11.6. The molecule has 0 spiro atoms. The summed E-state index contributed by atoms with van der Waals surface area (Å²) in [5.74, 6) is -0.318. The highest BCUT2D eigenvalue weighted by Crippen LogP contribution is 2.41. The molecule has 0 fully saturated rings. The zero-order chi connectivity index (χ0) is 29.3. The van der Waals surface area contributed by atoms with Gasteiger partial charge in [0.2, 0.25) is 0 Å². The second kappa shape index (κ2) is 11.2. The maximum Gasteiger partial charge on any atom is 0.306 e. The van der Waals surface area contributed by atoms with E-state index in [-0.39, 0.29) is 34.9 Å². The Balaban J connectivity index is 1.71. The highest BCUT2D eigenvalue weighted by Gasteiger charge is 2.30. The van der Waals surface area contributed by atoms with E-state index >= 15 is 0 Å². The third-order valence-electron chi connectivity index (χ3n) is 7.45. The van der Waals surface area contributed by atoms with E-state index in [1.807, 2.05) is 93.6 Å². The number of para-hydroxylation sites is 2. The van der Waals surface area contributed by atoms with Crippen molar-refractivity contribution in [1.82, 2.24) is 9.55 Å². The van der Waals surface area contributed by atoms with Gasteiger partial charge in [-0.2, -0.15) is 0 Å². The molecule has 0 aliphatic heterocycles. The number of methoxy groups -OCH3 is 1. The van der Waals surface area contributed by atoms with Gasteiger partial charge in [-0.25, -0.2) is 0 Å². The fourth-order valence-corrected chi connectivity index (χ4v) is 5.55. The van der Waals surface area contributed by atoms with Crippen LogP contribution in [0.4, 0.5) is 0 Å². The largest absolute Gasteiger partial charge is 0.507 e. The first kappa shape index (κ1) is 28.0. The summed E-state index contributed by atoms with van der Waals surface area (Å²) >= 11 is 0. The fraction of sp³-hybridized carbons (Fsp3) is 0.294. The van der Waals surface area contributed by atoms with Crippen LogP contribution in [0.2, 0.25) is 0 Å². The summed E-state index contributed by atoms with van der Waals surface area (Å²) in [7, 11) is 3.32. The molecule has 0 aliphatic carbocycles. The summed E-state index contributed by atoms with van der Waals surface area (Å²) in [6.45, 7) is 6.19. The van der Waals surface area contributed by atoms with Crippen molar-refractivity contribution in [3.8, 4) is 11.5 Å². The van der Waals surface area contributed by atoms with Crippen molar-refractivity contribution in [2.24, 2.45) is 12.5 Å². The molecule has 1 atom stereocenters. The standard InChI is InChI=1S/C34H36N2O5/c1-34(2,3)20-28(37)41-18-17-24-23-13-6-8-15-26(23)35-31(24)29(21-11-10-12-22(19-21)40-5)30-32(38)25-14-7-9-16-27(25)36(4)33(30)39/h6-16,19,29,35,38H,17-18,20H2,1-5H3. The molecule has 7 nitrogen and oxygen atoms in total. The number of aryl methyl sites for hydroxylation is 1. The van der Waals surface area contributed by atoms with Crippen LogP contribution in [0.25, 0.3) is 21.8 Å². The number of hydrogen-bond acceptors (Lipinski definition) is 5. The first-order valence-corrected chi connectivity index (χ1v) is 13.8. The van der Waals surface area contributed by atoms with Crippen LogP contribution in [0.5, 0.6) is 11.5 Å². The van der Waals surface area contributed by atoms with Gasteiger partial charge in [0.15, 0.2) is 0 Å². The van der Waals surface area contributed by atoms with Gasteiger partial charge >= 0.3 is 5.97 Å². The minimum Gasteiger partial charge on any atom is -0.507 e. The summed E-state index contributed by atoms with van der Waals surface area (Å²) in [5.41, 5.74) is 3.79. The van der Waals surface area contributed by atoms with Crippen LogP contribution in [0.15, 0.2) is 77.6 Å². The monoisotopic (exact) mass is 552 g/mol. The quantitative estimate of drug-likeness (QED) is 0.216. The number of aromatic nitrogens is 2. The van der Waals surface area contributed by atoms with E-state index in [1.54, 1.807) is 18.7 Å². The van der Waals surface area contributed by atoms with Crippen molar-refractivity contribution in [3.63, 3.8) is 0 Å². The molecule has 7 heteroatoms. The maximum atomic E-state index is 14.0. The summed E-state index contributed by atoms with van der Waals surface area (Å²) in [5, 5.41) is 13.2. The van der Waals surface area contributed by atoms with Crippen LogP contribution in [0, 0.1) is 5.41 Å². The smallest absolute Gasteiger partial charge is 0.306 e. The zero-order valence-corrected chi connectivity index (χ0v) is 24.2. The molecule has 5 rings (SSSR count). The first-order chi connectivity index (χ1) is 19.6. The molecule has 0 saturated carbocycles. The van der Waals surface area contributed by atoms with Crippen LogP contribution in [-0.4, -0.2) is 34.3 Å². The molecule has 0 aliphatic rings. The lowest BCUT2D eigenvalue weighted by molar-refractivity contribution is -0.145. The summed E-state index contributed by atoms with van der Waals surface area (Å²) in [4.78, 5) is 30.1. The normalized spacial score (nSPS) is 12.5. The molecular formula is C34H36N2O5. The van der Waals surface area contributed by atoms with Crippen LogP contribution < -0.4 is 10.3 Å². The maximum absolute atomic E-state index is 14.0. The Bertz CT molecular complexity index is 1790. The number of pyridine rings is 1. The van der Waals surface area contributed by atoms with Crippen molar-refractivity contribution in [2.45, 2.75) is 39.5 Å². The van der Waals surface area contributed by atoms with E-state index in [1.165, 1.54) is 0 Å².